The molecule has 10 heteroatoms. The Hall–Kier alpha value is -3.40. The van der Waals surface area contributed by atoms with Crippen LogP contribution >= 0.6 is 11.6 Å². The summed E-state index contributed by atoms with van der Waals surface area (Å²) >= 11 is 5.92. The average Bonchev–Trinajstić information content (AvgIpc) is 2.94. The summed E-state index contributed by atoms with van der Waals surface area (Å²) < 4.78 is 32.7. The van der Waals surface area contributed by atoms with Crippen LogP contribution in [0.15, 0.2) is 83.8 Å². The fraction of sp³-hybridized carbons (Fsp3) is 0.310. The number of hydrogen-bond acceptors (Lipinski definition) is 5. The molecule has 208 valence electrons. The third-order valence-corrected chi connectivity index (χ3v) is 8.26. The zero-order valence-corrected chi connectivity index (χ0v) is 23.9. The molecule has 0 saturated heterocycles. The third kappa shape index (κ3) is 8.29. The monoisotopic (exact) mass is 571 g/mol. The lowest BCUT2D eigenvalue weighted by molar-refractivity contribution is -0.141. The minimum atomic E-state index is -3.98. The number of nitrogens with one attached hydrogen (secondary N) is 1. The van der Waals surface area contributed by atoms with Gasteiger partial charge in [0, 0.05) is 31.6 Å². The van der Waals surface area contributed by atoms with Gasteiger partial charge in [0.25, 0.3) is 0 Å². The summed E-state index contributed by atoms with van der Waals surface area (Å²) in [6.07, 6.45) is 0.995. The molecule has 0 aliphatic heterocycles. The number of nitrogens with zero attached hydrogens (tertiary/aromatic N) is 2. The molecule has 1 N–H and O–H groups in total. The first kappa shape index (κ1) is 30.1. The van der Waals surface area contributed by atoms with Gasteiger partial charge >= 0.3 is 0 Å². The summed E-state index contributed by atoms with van der Waals surface area (Å²) in [6, 6.07) is 21.5. The molecule has 0 aliphatic carbocycles. The Morgan fingerprint density at radius 3 is 2.28 bits per heavy atom. The van der Waals surface area contributed by atoms with Crippen molar-refractivity contribution in [3.63, 3.8) is 0 Å². The summed E-state index contributed by atoms with van der Waals surface area (Å²) in [5.74, 6) is -0.206. The van der Waals surface area contributed by atoms with Gasteiger partial charge in [0.2, 0.25) is 21.8 Å². The van der Waals surface area contributed by atoms with Gasteiger partial charge in [-0.05, 0) is 53.9 Å². The number of carbonyl (C=O) groups is 2. The van der Waals surface area contributed by atoms with E-state index in [2.05, 4.69) is 5.32 Å². The molecular formula is C29H34ClN3O5S. The Bertz CT molecular complexity index is 1350. The quantitative estimate of drug-likeness (QED) is 0.333. The maximum atomic E-state index is 13.8. The second-order valence-electron chi connectivity index (χ2n) is 9.08. The van der Waals surface area contributed by atoms with Crippen molar-refractivity contribution in [3.8, 4) is 5.75 Å². The number of rotatable bonds is 13. The molecule has 3 rings (SSSR count). The smallest absolute Gasteiger partial charge is 0.243 e. The lowest BCUT2D eigenvalue weighted by Crippen LogP contribution is -2.53. The average molecular weight is 572 g/mol. The Morgan fingerprint density at radius 1 is 0.974 bits per heavy atom. The van der Waals surface area contributed by atoms with Crippen molar-refractivity contribution in [3.05, 3.63) is 95.0 Å². The van der Waals surface area contributed by atoms with E-state index < -0.39 is 28.5 Å². The molecule has 3 aromatic carbocycles. The normalized spacial score (nSPS) is 12.1. The van der Waals surface area contributed by atoms with Crippen LogP contribution in [0.4, 0.5) is 0 Å². The van der Waals surface area contributed by atoms with Crippen LogP contribution < -0.4 is 10.1 Å². The number of sulfonamides is 1. The van der Waals surface area contributed by atoms with E-state index in [1.54, 1.807) is 25.3 Å². The second-order valence-corrected chi connectivity index (χ2v) is 11.6. The SMILES string of the molecule is CCCNC(=O)[C@@H](Cc1ccccc1)N(Cc1cccc(OC)c1)C(=O)CN(C)S(=O)(=O)c1ccc(Cl)cc1. The van der Waals surface area contributed by atoms with Gasteiger partial charge in [0.15, 0.2) is 0 Å². The first-order chi connectivity index (χ1) is 18.6. The first-order valence-corrected chi connectivity index (χ1v) is 14.4. The number of amides is 2. The standard InChI is InChI=1S/C29H34ClN3O5S/c1-4-17-31-29(35)27(19-22-9-6-5-7-10-22)33(20-23-11-8-12-25(18-23)38-3)28(34)21-32(2)39(36,37)26-15-13-24(30)14-16-26/h5-16,18,27H,4,17,19-21H2,1-3H3,(H,31,35)/t27-/m1/s1. The topological polar surface area (TPSA) is 96.0 Å². The third-order valence-electron chi connectivity index (χ3n) is 6.19. The highest BCUT2D eigenvalue weighted by atomic mass is 35.5. The number of halogens is 1. The van der Waals surface area contributed by atoms with Crippen molar-refractivity contribution in [2.75, 3.05) is 27.2 Å². The van der Waals surface area contributed by atoms with Crippen molar-refractivity contribution in [2.24, 2.45) is 0 Å². The van der Waals surface area contributed by atoms with Crippen molar-refractivity contribution in [1.29, 1.82) is 0 Å². The van der Waals surface area contributed by atoms with E-state index in [0.29, 0.717) is 17.3 Å². The van der Waals surface area contributed by atoms with Crippen LogP contribution in [0.3, 0.4) is 0 Å². The second kappa shape index (κ2) is 14.1. The summed E-state index contributed by atoms with van der Waals surface area (Å²) in [5, 5.41) is 3.31. The van der Waals surface area contributed by atoms with Crippen molar-refractivity contribution < 1.29 is 22.7 Å². The summed E-state index contributed by atoms with van der Waals surface area (Å²) in [7, 11) is -1.09. The van der Waals surface area contributed by atoms with Crippen molar-refractivity contribution in [1.82, 2.24) is 14.5 Å². The predicted octanol–water partition coefficient (Wildman–Crippen LogP) is 4.14. The number of ether oxygens (including phenoxy) is 1. The molecule has 0 aromatic heterocycles. The summed E-state index contributed by atoms with van der Waals surface area (Å²) in [4.78, 5) is 28.7. The molecule has 0 saturated carbocycles. The van der Waals surface area contributed by atoms with Gasteiger partial charge in [-0.1, -0.05) is 61.0 Å². The van der Waals surface area contributed by atoms with Gasteiger partial charge in [0.05, 0.1) is 18.6 Å². The number of likely N-dealkylation sites (N-methyl/N-ethyl adjacent to an activating group) is 1. The molecule has 0 heterocycles. The minimum absolute atomic E-state index is 0.0167. The van der Waals surface area contributed by atoms with E-state index in [1.807, 2.05) is 43.3 Å². The highest BCUT2D eigenvalue weighted by molar-refractivity contribution is 7.89. The van der Waals surface area contributed by atoms with E-state index in [4.69, 9.17) is 16.3 Å². The van der Waals surface area contributed by atoms with Gasteiger partial charge in [-0.15, -0.1) is 0 Å². The molecule has 0 spiro atoms. The summed E-state index contributed by atoms with van der Waals surface area (Å²) in [6.45, 7) is 2.03. The fourth-order valence-corrected chi connectivity index (χ4v) is 5.29. The fourth-order valence-electron chi connectivity index (χ4n) is 4.04. The van der Waals surface area contributed by atoms with Gasteiger partial charge in [-0.3, -0.25) is 9.59 Å². The first-order valence-electron chi connectivity index (χ1n) is 12.6. The van der Waals surface area contributed by atoms with Gasteiger partial charge in [0.1, 0.15) is 11.8 Å². The highest BCUT2D eigenvalue weighted by Crippen LogP contribution is 2.21. The molecule has 1 atom stereocenters. The summed E-state index contributed by atoms with van der Waals surface area (Å²) in [5.41, 5.74) is 1.62. The van der Waals surface area contributed by atoms with Crippen LogP contribution in [0.5, 0.6) is 5.75 Å². The Kier molecular flexibility index (Phi) is 10.9. The van der Waals surface area contributed by atoms with Crippen molar-refractivity contribution >= 4 is 33.4 Å². The van der Waals surface area contributed by atoms with Gasteiger partial charge in [-0.25, -0.2) is 8.42 Å². The van der Waals surface area contributed by atoms with Gasteiger partial charge < -0.3 is 15.0 Å². The zero-order valence-electron chi connectivity index (χ0n) is 22.3. The molecule has 39 heavy (non-hydrogen) atoms. The number of hydrogen-bond donors (Lipinski definition) is 1. The molecule has 0 radical (unpaired) electrons. The predicted molar refractivity (Wildman–Crippen MR) is 152 cm³/mol. The van der Waals surface area contributed by atoms with Crippen molar-refractivity contribution in [2.45, 2.75) is 37.2 Å². The van der Waals surface area contributed by atoms with Crippen LogP contribution in [-0.4, -0.2) is 62.7 Å². The van der Waals surface area contributed by atoms with E-state index in [0.717, 1.165) is 21.9 Å². The molecule has 0 fully saturated rings. The highest BCUT2D eigenvalue weighted by Gasteiger charge is 2.33. The lowest BCUT2D eigenvalue weighted by atomic mass is 10.0. The number of benzene rings is 3. The molecule has 0 unspecified atom stereocenters. The maximum Gasteiger partial charge on any atom is 0.243 e. The zero-order chi connectivity index (χ0) is 28.4. The van der Waals surface area contributed by atoms with Crippen LogP contribution in [0, 0.1) is 0 Å². The molecule has 8 nitrogen and oxygen atoms in total. The molecular weight excluding hydrogens is 538 g/mol. The van der Waals surface area contributed by atoms with Crippen LogP contribution in [0.2, 0.25) is 5.02 Å². The van der Waals surface area contributed by atoms with E-state index in [9.17, 15) is 18.0 Å². The minimum Gasteiger partial charge on any atom is -0.497 e. The molecule has 0 bridgehead atoms. The van der Waals surface area contributed by atoms with Crippen LogP contribution in [0.1, 0.15) is 24.5 Å². The lowest BCUT2D eigenvalue weighted by Gasteiger charge is -2.32. The Labute approximate surface area is 235 Å². The number of methoxy groups -OCH3 is 1. The van der Waals surface area contributed by atoms with Crippen LogP contribution in [0.25, 0.3) is 0 Å². The Morgan fingerprint density at radius 2 is 1.64 bits per heavy atom. The van der Waals surface area contributed by atoms with E-state index in [-0.39, 0.29) is 23.8 Å². The molecule has 3 aromatic rings. The van der Waals surface area contributed by atoms with E-state index in [1.165, 1.54) is 36.2 Å². The van der Waals surface area contributed by atoms with Crippen LogP contribution in [-0.2, 0) is 32.6 Å². The number of carbonyl (C=O) groups excluding carboxylic acids is 2. The maximum absolute atomic E-state index is 13.8. The Balaban J connectivity index is 1.97. The largest absolute Gasteiger partial charge is 0.497 e. The molecule has 0 aliphatic rings. The van der Waals surface area contributed by atoms with E-state index >= 15 is 0 Å². The van der Waals surface area contributed by atoms with Gasteiger partial charge in [-0.2, -0.15) is 4.31 Å². The molecule has 2 amide bonds.